The molecule has 2 heterocycles. The van der Waals surface area contributed by atoms with Gasteiger partial charge < -0.3 is 24.7 Å². The highest BCUT2D eigenvalue weighted by atomic mass is 16.4. The molecule has 1 unspecified atom stereocenters. The van der Waals surface area contributed by atoms with Gasteiger partial charge in [0.15, 0.2) is 5.96 Å². The summed E-state index contributed by atoms with van der Waals surface area (Å²) < 4.78 is 7.49. The van der Waals surface area contributed by atoms with Gasteiger partial charge >= 0.3 is 0 Å². The average molecular weight is 432 g/mol. The van der Waals surface area contributed by atoms with Crippen molar-refractivity contribution in [3.8, 4) is 0 Å². The molecule has 0 saturated heterocycles. The number of imidazole rings is 1. The lowest BCUT2D eigenvalue weighted by Gasteiger charge is -2.22. The summed E-state index contributed by atoms with van der Waals surface area (Å²) in [5.74, 6) is 1.16. The van der Waals surface area contributed by atoms with E-state index in [0.29, 0.717) is 18.3 Å². The molecule has 32 heavy (non-hydrogen) atoms. The number of aliphatic hydroxyl groups is 1. The second kappa shape index (κ2) is 9.70. The molecule has 0 radical (unpaired) electrons. The van der Waals surface area contributed by atoms with Crippen LogP contribution in [-0.4, -0.2) is 33.7 Å². The third-order valence-corrected chi connectivity index (χ3v) is 5.32. The number of fused-ring (bicyclic) bond motifs is 1. The quantitative estimate of drug-likeness (QED) is 0.293. The van der Waals surface area contributed by atoms with E-state index < -0.39 is 5.60 Å². The molecule has 0 amide bonds. The van der Waals surface area contributed by atoms with E-state index in [1.165, 1.54) is 5.56 Å². The molecule has 0 spiro atoms. The third kappa shape index (κ3) is 5.18. The molecule has 0 aliphatic rings. The van der Waals surface area contributed by atoms with Crippen LogP contribution in [0.25, 0.3) is 11.0 Å². The Morgan fingerprint density at radius 3 is 2.59 bits per heavy atom. The Labute approximate surface area is 187 Å². The zero-order valence-corrected chi connectivity index (χ0v) is 18.5. The van der Waals surface area contributed by atoms with Crippen molar-refractivity contribution in [1.29, 1.82) is 0 Å². The molecular formula is C25H29N5O2. The van der Waals surface area contributed by atoms with Crippen molar-refractivity contribution in [3.05, 3.63) is 90.1 Å². The fourth-order valence-electron chi connectivity index (χ4n) is 3.52. The Kier molecular flexibility index (Phi) is 6.56. The number of nitrogens with one attached hydrogen (secondary N) is 2. The molecule has 7 nitrogen and oxygen atoms in total. The molecule has 0 aliphatic carbocycles. The summed E-state index contributed by atoms with van der Waals surface area (Å²) in [7, 11) is 0. The number of nitrogens with zero attached hydrogens (tertiary/aromatic N) is 3. The van der Waals surface area contributed by atoms with E-state index in [4.69, 9.17) is 4.42 Å². The molecule has 0 saturated carbocycles. The van der Waals surface area contributed by atoms with Gasteiger partial charge in [0, 0.05) is 13.1 Å². The van der Waals surface area contributed by atoms with Crippen molar-refractivity contribution in [2.24, 2.45) is 4.99 Å². The second-order valence-corrected chi connectivity index (χ2v) is 7.98. The third-order valence-electron chi connectivity index (χ3n) is 5.32. The lowest BCUT2D eigenvalue weighted by atomic mass is 10.0. The standard InChI is InChI=1S/C25H29N5O2/c1-3-26-24(28-17-25(2,31)23-9-6-14-32-23)27-15-19-10-12-20(13-11-19)16-30-18-29-21-7-4-5-8-22(21)30/h4-14,18,31H,3,15-17H2,1-2H3,(H2,26,27,28). The van der Waals surface area contributed by atoms with Gasteiger partial charge in [0.2, 0.25) is 0 Å². The lowest BCUT2D eigenvalue weighted by molar-refractivity contribution is 0.0386. The second-order valence-electron chi connectivity index (χ2n) is 7.98. The lowest BCUT2D eigenvalue weighted by Crippen LogP contribution is -2.44. The first-order valence-corrected chi connectivity index (χ1v) is 10.8. The summed E-state index contributed by atoms with van der Waals surface area (Å²) in [6.07, 6.45) is 3.44. The molecule has 4 rings (SSSR count). The number of aromatic nitrogens is 2. The fourth-order valence-corrected chi connectivity index (χ4v) is 3.52. The highest BCUT2D eigenvalue weighted by Gasteiger charge is 2.26. The minimum absolute atomic E-state index is 0.282. The maximum absolute atomic E-state index is 10.6. The summed E-state index contributed by atoms with van der Waals surface area (Å²) in [6, 6.07) is 20.1. The van der Waals surface area contributed by atoms with Crippen LogP contribution in [0.1, 0.15) is 30.7 Å². The SMILES string of the molecule is CCNC(=NCc1ccc(Cn2cnc3ccccc32)cc1)NCC(C)(O)c1ccco1. The fraction of sp³-hybridized carbons (Fsp3) is 0.280. The van der Waals surface area contributed by atoms with Crippen LogP contribution < -0.4 is 10.6 Å². The van der Waals surface area contributed by atoms with E-state index in [-0.39, 0.29) is 6.54 Å². The number of para-hydroxylation sites is 2. The first-order valence-electron chi connectivity index (χ1n) is 10.8. The molecule has 4 aromatic rings. The molecule has 0 fully saturated rings. The summed E-state index contributed by atoms with van der Waals surface area (Å²) in [6.45, 7) is 6.04. The predicted molar refractivity (Wildman–Crippen MR) is 126 cm³/mol. The van der Waals surface area contributed by atoms with Crippen molar-refractivity contribution in [2.75, 3.05) is 13.1 Å². The van der Waals surface area contributed by atoms with Gasteiger partial charge in [-0.3, -0.25) is 0 Å². The number of rotatable bonds is 8. The van der Waals surface area contributed by atoms with Crippen molar-refractivity contribution >= 4 is 17.0 Å². The van der Waals surface area contributed by atoms with Gasteiger partial charge in [0.05, 0.1) is 36.7 Å². The zero-order chi connectivity index (χ0) is 22.4. The number of benzene rings is 2. The van der Waals surface area contributed by atoms with Gasteiger partial charge in [-0.05, 0) is 49.2 Å². The molecule has 2 aromatic carbocycles. The van der Waals surface area contributed by atoms with Crippen LogP contribution >= 0.6 is 0 Å². The van der Waals surface area contributed by atoms with Crippen LogP contribution in [0.4, 0.5) is 0 Å². The van der Waals surface area contributed by atoms with Crippen molar-refractivity contribution in [2.45, 2.75) is 32.5 Å². The minimum atomic E-state index is -1.13. The number of hydrogen-bond acceptors (Lipinski definition) is 4. The van der Waals surface area contributed by atoms with Gasteiger partial charge in [0.25, 0.3) is 0 Å². The number of aliphatic imine (C=N–C) groups is 1. The van der Waals surface area contributed by atoms with Crippen LogP contribution in [0.3, 0.4) is 0 Å². The van der Waals surface area contributed by atoms with Gasteiger partial charge in [-0.1, -0.05) is 36.4 Å². The van der Waals surface area contributed by atoms with Crippen LogP contribution in [-0.2, 0) is 18.7 Å². The summed E-state index contributed by atoms with van der Waals surface area (Å²) >= 11 is 0. The Hall–Kier alpha value is -3.58. The number of furan rings is 1. The highest BCUT2D eigenvalue weighted by molar-refractivity contribution is 5.79. The van der Waals surface area contributed by atoms with Gasteiger partial charge in [-0.15, -0.1) is 0 Å². The average Bonchev–Trinajstić information content (AvgIpc) is 3.48. The van der Waals surface area contributed by atoms with Crippen molar-refractivity contribution in [3.63, 3.8) is 0 Å². The van der Waals surface area contributed by atoms with Gasteiger partial charge in [-0.2, -0.15) is 0 Å². The molecule has 2 aromatic heterocycles. The van der Waals surface area contributed by atoms with E-state index >= 15 is 0 Å². The van der Waals surface area contributed by atoms with Gasteiger partial charge in [0.1, 0.15) is 11.4 Å². The van der Waals surface area contributed by atoms with E-state index in [1.54, 1.807) is 25.3 Å². The smallest absolute Gasteiger partial charge is 0.191 e. The maximum atomic E-state index is 10.6. The number of guanidine groups is 1. The highest BCUT2D eigenvalue weighted by Crippen LogP contribution is 2.19. The van der Waals surface area contributed by atoms with Crippen LogP contribution in [0.5, 0.6) is 0 Å². The Balaban J connectivity index is 1.37. The zero-order valence-electron chi connectivity index (χ0n) is 18.5. The summed E-state index contributed by atoms with van der Waals surface area (Å²) in [4.78, 5) is 9.11. The van der Waals surface area contributed by atoms with Crippen LogP contribution in [0.2, 0.25) is 0 Å². The minimum Gasteiger partial charge on any atom is -0.466 e. The number of hydrogen-bond donors (Lipinski definition) is 3. The molecule has 166 valence electrons. The maximum Gasteiger partial charge on any atom is 0.191 e. The normalized spacial score (nSPS) is 13.8. The van der Waals surface area contributed by atoms with E-state index in [2.05, 4.69) is 55.5 Å². The molecule has 0 aliphatic heterocycles. The molecular weight excluding hydrogens is 402 g/mol. The molecule has 7 heteroatoms. The predicted octanol–water partition coefficient (Wildman–Crippen LogP) is 3.64. The topological polar surface area (TPSA) is 87.6 Å². The van der Waals surface area contributed by atoms with Crippen molar-refractivity contribution in [1.82, 2.24) is 20.2 Å². The van der Waals surface area contributed by atoms with E-state index in [0.717, 1.165) is 29.7 Å². The Bertz CT molecular complexity index is 1160. The Morgan fingerprint density at radius 1 is 1.06 bits per heavy atom. The molecule has 0 bridgehead atoms. The van der Waals surface area contributed by atoms with Crippen LogP contribution in [0, 0.1) is 0 Å². The largest absolute Gasteiger partial charge is 0.466 e. The van der Waals surface area contributed by atoms with Crippen LogP contribution in [0.15, 0.2) is 82.7 Å². The first kappa shape index (κ1) is 21.6. The van der Waals surface area contributed by atoms with Gasteiger partial charge in [-0.25, -0.2) is 9.98 Å². The molecule has 1 atom stereocenters. The van der Waals surface area contributed by atoms with E-state index in [9.17, 15) is 5.11 Å². The monoisotopic (exact) mass is 431 g/mol. The molecule has 3 N–H and O–H groups in total. The summed E-state index contributed by atoms with van der Waals surface area (Å²) in [5, 5.41) is 17.0. The van der Waals surface area contributed by atoms with E-state index in [1.807, 2.05) is 31.5 Å². The van der Waals surface area contributed by atoms with Crippen molar-refractivity contribution < 1.29 is 9.52 Å². The Morgan fingerprint density at radius 2 is 1.84 bits per heavy atom. The summed E-state index contributed by atoms with van der Waals surface area (Å²) in [5.41, 5.74) is 3.33. The first-order chi connectivity index (χ1) is 15.5.